The van der Waals surface area contributed by atoms with E-state index in [1.54, 1.807) is 0 Å². The molecular formula is C8H5ClF3O. The minimum atomic E-state index is -4.33. The second-order valence-corrected chi connectivity index (χ2v) is 2.71. The fourth-order valence-electron chi connectivity index (χ4n) is 0.641. The average molecular weight is 210 g/mol. The molecule has 5 heteroatoms. The molecule has 0 spiro atoms. The molecule has 0 saturated carbocycles. The van der Waals surface area contributed by atoms with Gasteiger partial charge in [-0.1, -0.05) is 11.6 Å². The molecule has 0 fully saturated rings. The molecule has 0 atom stereocenters. The molecule has 0 amide bonds. The van der Waals surface area contributed by atoms with E-state index >= 15 is 0 Å². The molecule has 13 heavy (non-hydrogen) atoms. The minimum absolute atomic E-state index is 0.0294. The van der Waals surface area contributed by atoms with Gasteiger partial charge in [-0.2, -0.15) is 13.2 Å². The summed E-state index contributed by atoms with van der Waals surface area (Å²) in [5, 5.41) is 0.402. The summed E-state index contributed by atoms with van der Waals surface area (Å²) in [7, 11) is 0. The van der Waals surface area contributed by atoms with E-state index in [-0.39, 0.29) is 5.75 Å². The van der Waals surface area contributed by atoms with E-state index < -0.39 is 12.8 Å². The summed E-state index contributed by atoms with van der Waals surface area (Å²) in [5.41, 5.74) is 0. The summed E-state index contributed by atoms with van der Waals surface area (Å²) in [6.45, 7) is -1.31. The minimum Gasteiger partial charge on any atom is -0.483 e. The van der Waals surface area contributed by atoms with Gasteiger partial charge < -0.3 is 4.74 Å². The van der Waals surface area contributed by atoms with Crippen LogP contribution in [0.3, 0.4) is 0 Å². The summed E-state index contributed by atoms with van der Waals surface area (Å²) in [5.74, 6) is 0.0294. The molecule has 1 rings (SSSR count). The monoisotopic (exact) mass is 209 g/mol. The lowest BCUT2D eigenvalue weighted by molar-refractivity contribution is -0.153. The van der Waals surface area contributed by atoms with Gasteiger partial charge in [0, 0.05) is 11.1 Å². The Hall–Kier alpha value is -0.900. The molecule has 0 aliphatic rings. The first-order chi connectivity index (χ1) is 5.97. The van der Waals surface area contributed by atoms with E-state index in [1.165, 1.54) is 18.2 Å². The van der Waals surface area contributed by atoms with Crippen LogP contribution < -0.4 is 4.74 Å². The predicted octanol–water partition coefficient (Wildman–Crippen LogP) is 3.08. The van der Waals surface area contributed by atoms with Crippen LogP contribution >= 0.6 is 11.6 Å². The molecule has 0 aliphatic carbocycles. The van der Waals surface area contributed by atoms with E-state index in [4.69, 9.17) is 11.6 Å². The summed E-state index contributed by atoms with van der Waals surface area (Å²) in [6, 6.07) is 6.56. The van der Waals surface area contributed by atoms with Crippen molar-refractivity contribution in [3.8, 4) is 5.75 Å². The molecule has 0 aromatic heterocycles. The SMILES string of the molecule is FC(F)(F)COc1[c]cc(Cl)cc1. The third-order valence-electron chi connectivity index (χ3n) is 1.14. The largest absolute Gasteiger partial charge is 0.483 e. The molecule has 1 aromatic rings. The number of ether oxygens (including phenoxy) is 1. The Labute approximate surface area is 78.1 Å². The van der Waals surface area contributed by atoms with Crippen molar-refractivity contribution < 1.29 is 17.9 Å². The summed E-state index contributed by atoms with van der Waals surface area (Å²) in [4.78, 5) is 0. The molecule has 0 bridgehead atoms. The molecule has 1 radical (unpaired) electrons. The van der Waals surface area contributed by atoms with Crippen LogP contribution in [0.1, 0.15) is 0 Å². The van der Waals surface area contributed by atoms with Gasteiger partial charge >= 0.3 is 6.18 Å². The lowest BCUT2D eigenvalue weighted by Gasteiger charge is -2.08. The van der Waals surface area contributed by atoms with Crippen molar-refractivity contribution in [1.82, 2.24) is 0 Å². The molecule has 0 heterocycles. The highest BCUT2D eigenvalue weighted by Crippen LogP contribution is 2.19. The predicted molar refractivity (Wildman–Crippen MR) is 41.8 cm³/mol. The lowest BCUT2D eigenvalue weighted by atomic mass is 10.3. The topological polar surface area (TPSA) is 9.23 Å². The lowest BCUT2D eigenvalue weighted by Crippen LogP contribution is -2.19. The van der Waals surface area contributed by atoms with Crippen molar-refractivity contribution in [3.63, 3.8) is 0 Å². The van der Waals surface area contributed by atoms with Crippen LogP contribution in [0.4, 0.5) is 13.2 Å². The van der Waals surface area contributed by atoms with Crippen molar-refractivity contribution in [3.05, 3.63) is 29.3 Å². The van der Waals surface area contributed by atoms with Crippen LogP contribution in [0.5, 0.6) is 5.75 Å². The standard InChI is InChI=1S/C8H5ClF3O/c9-6-1-3-7(4-2-6)13-5-8(10,11)12/h1-3H,5H2. The third kappa shape index (κ3) is 4.03. The zero-order chi connectivity index (χ0) is 9.90. The van der Waals surface area contributed by atoms with E-state index in [0.29, 0.717) is 5.02 Å². The Morgan fingerprint density at radius 2 is 2.08 bits per heavy atom. The Bertz CT molecular complexity index is 268. The van der Waals surface area contributed by atoms with Crippen LogP contribution in [-0.4, -0.2) is 12.8 Å². The third-order valence-corrected chi connectivity index (χ3v) is 1.37. The average Bonchev–Trinajstić information content (AvgIpc) is 2.02. The highest BCUT2D eigenvalue weighted by molar-refractivity contribution is 6.30. The van der Waals surface area contributed by atoms with Crippen molar-refractivity contribution in [2.24, 2.45) is 0 Å². The molecule has 0 N–H and O–H groups in total. The molecule has 1 aromatic carbocycles. The van der Waals surface area contributed by atoms with E-state index in [0.717, 1.165) is 0 Å². The molecule has 0 aliphatic heterocycles. The molecule has 0 unspecified atom stereocenters. The van der Waals surface area contributed by atoms with Gasteiger partial charge in [-0.15, -0.1) is 0 Å². The maximum absolute atomic E-state index is 11.7. The molecule has 71 valence electrons. The number of hydrogen-bond acceptors (Lipinski definition) is 1. The zero-order valence-electron chi connectivity index (χ0n) is 6.36. The van der Waals surface area contributed by atoms with Gasteiger partial charge in [-0.25, -0.2) is 0 Å². The van der Waals surface area contributed by atoms with Gasteiger partial charge in [0.1, 0.15) is 5.75 Å². The Morgan fingerprint density at radius 1 is 1.38 bits per heavy atom. The van der Waals surface area contributed by atoms with Gasteiger partial charge in [0.2, 0.25) is 0 Å². The first-order valence-electron chi connectivity index (χ1n) is 3.34. The van der Waals surface area contributed by atoms with Gasteiger partial charge in [0.05, 0.1) is 0 Å². The highest BCUT2D eigenvalue weighted by Gasteiger charge is 2.28. The Morgan fingerprint density at radius 3 is 2.54 bits per heavy atom. The smallest absolute Gasteiger partial charge is 0.422 e. The molecule has 0 saturated heterocycles. The number of hydrogen-bond donors (Lipinski definition) is 0. The van der Waals surface area contributed by atoms with Crippen molar-refractivity contribution in [2.75, 3.05) is 6.61 Å². The first kappa shape index (κ1) is 10.2. The highest BCUT2D eigenvalue weighted by atomic mass is 35.5. The second-order valence-electron chi connectivity index (χ2n) is 2.27. The second kappa shape index (κ2) is 3.87. The number of alkyl halides is 3. The van der Waals surface area contributed by atoms with Gasteiger partial charge in [-0.05, 0) is 18.2 Å². The van der Waals surface area contributed by atoms with Gasteiger partial charge in [-0.3, -0.25) is 0 Å². The number of halogens is 4. The summed E-state index contributed by atoms with van der Waals surface area (Å²) >= 11 is 5.49. The Balaban J connectivity index is 2.51. The van der Waals surface area contributed by atoms with E-state index in [1.807, 2.05) is 0 Å². The van der Waals surface area contributed by atoms with E-state index in [9.17, 15) is 13.2 Å². The van der Waals surface area contributed by atoms with Crippen LogP contribution in [0.15, 0.2) is 18.2 Å². The fourth-order valence-corrected chi connectivity index (χ4v) is 0.759. The number of benzene rings is 1. The maximum Gasteiger partial charge on any atom is 0.422 e. The number of rotatable bonds is 2. The molecule has 1 nitrogen and oxygen atoms in total. The van der Waals surface area contributed by atoms with Gasteiger partial charge in [0.25, 0.3) is 0 Å². The fraction of sp³-hybridized carbons (Fsp3) is 0.250. The first-order valence-corrected chi connectivity index (χ1v) is 3.72. The van der Waals surface area contributed by atoms with Gasteiger partial charge in [0.15, 0.2) is 6.61 Å². The quantitative estimate of drug-likeness (QED) is 0.727. The van der Waals surface area contributed by atoms with E-state index in [2.05, 4.69) is 10.8 Å². The summed E-state index contributed by atoms with van der Waals surface area (Å²) < 4.78 is 39.4. The van der Waals surface area contributed by atoms with Crippen LogP contribution in [0.25, 0.3) is 0 Å². The maximum atomic E-state index is 11.7. The summed E-state index contributed by atoms with van der Waals surface area (Å²) in [6.07, 6.45) is -4.33. The normalized spacial score (nSPS) is 11.4. The van der Waals surface area contributed by atoms with Crippen molar-refractivity contribution in [2.45, 2.75) is 6.18 Å². The molecular weight excluding hydrogens is 205 g/mol. The zero-order valence-corrected chi connectivity index (χ0v) is 7.12. The van der Waals surface area contributed by atoms with Crippen molar-refractivity contribution in [1.29, 1.82) is 0 Å². The van der Waals surface area contributed by atoms with Crippen molar-refractivity contribution >= 4 is 11.6 Å². The Kier molecular flexibility index (Phi) is 3.03. The van der Waals surface area contributed by atoms with Crippen LogP contribution in [0, 0.1) is 6.07 Å². The van der Waals surface area contributed by atoms with Crippen LogP contribution in [-0.2, 0) is 0 Å². The van der Waals surface area contributed by atoms with Crippen LogP contribution in [0.2, 0.25) is 5.02 Å².